The molecule has 3 rings (SSSR count). The highest BCUT2D eigenvalue weighted by atomic mass is 79.9. The van der Waals surface area contributed by atoms with E-state index in [2.05, 4.69) is 20.9 Å². The van der Waals surface area contributed by atoms with E-state index in [0.717, 1.165) is 38.0 Å². The number of halogens is 1. The first-order chi connectivity index (χ1) is 9.72. The lowest BCUT2D eigenvalue weighted by Crippen LogP contribution is -2.15. The van der Waals surface area contributed by atoms with Crippen LogP contribution in [0, 0.1) is 0 Å². The van der Waals surface area contributed by atoms with Crippen molar-refractivity contribution in [3.63, 3.8) is 0 Å². The lowest BCUT2D eigenvalue weighted by atomic mass is 10.2. The Labute approximate surface area is 129 Å². The van der Waals surface area contributed by atoms with Crippen molar-refractivity contribution in [3.05, 3.63) is 40.5 Å². The lowest BCUT2D eigenvalue weighted by molar-refractivity contribution is 0.171. The minimum absolute atomic E-state index is 0.573. The first kappa shape index (κ1) is 13.6. The second kappa shape index (κ2) is 5.93. The number of pyridine rings is 1. The van der Waals surface area contributed by atoms with Gasteiger partial charge in [-0.1, -0.05) is 0 Å². The fraction of sp³-hybridized carbons (Fsp3) is 0.214. The number of thioether (sulfide) groups is 1. The largest absolute Gasteiger partial charge is 0.486 e. The molecule has 0 spiro atoms. The van der Waals surface area contributed by atoms with Crippen molar-refractivity contribution in [3.8, 4) is 11.5 Å². The number of ether oxygens (including phenoxy) is 2. The number of nitrogens with zero attached hydrogens (tertiary/aromatic N) is 1. The Morgan fingerprint density at radius 1 is 1.20 bits per heavy atom. The molecule has 0 saturated heterocycles. The van der Waals surface area contributed by atoms with E-state index in [1.807, 2.05) is 24.3 Å². The monoisotopic (exact) mass is 352 g/mol. The molecule has 0 unspecified atom stereocenters. The van der Waals surface area contributed by atoms with Crippen LogP contribution in [-0.2, 0) is 5.75 Å². The molecule has 1 aromatic carbocycles. The maximum Gasteiger partial charge on any atom is 0.163 e. The summed E-state index contributed by atoms with van der Waals surface area (Å²) >= 11 is 5.01. The number of hydrogen-bond donors (Lipinski definition) is 1. The summed E-state index contributed by atoms with van der Waals surface area (Å²) in [5, 5.41) is 0.961. The molecule has 0 amide bonds. The number of anilines is 1. The molecule has 0 bridgehead atoms. The average molecular weight is 353 g/mol. The predicted octanol–water partition coefficient (Wildman–Crippen LogP) is 3.49. The van der Waals surface area contributed by atoms with Crippen LogP contribution in [0.15, 0.2) is 40.0 Å². The zero-order valence-electron chi connectivity index (χ0n) is 10.6. The molecule has 6 heteroatoms. The second-order valence-corrected chi connectivity index (χ2v) is 6.21. The van der Waals surface area contributed by atoms with Crippen LogP contribution in [0.2, 0.25) is 0 Å². The summed E-state index contributed by atoms with van der Waals surface area (Å²) in [6, 6.07) is 7.74. The molecule has 0 fully saturated rings. The zero-order chi connectivity index (χ0) is 13.9. The van der Waals surface area contributed by atoms with Gasteiger partial charge in [-0.2, -0.15) is 0 Å². The number of hydrogen-bond acceptors (Lipinski definition) is 5. The van der Waals surface area contributed by atoms with Gasteiger partial charge in [0.05, 0.1) is 5.03 Å². The Morgan fingerprint density at radius 2 is 1.95 bits per heavy atom. The van der Waals surface area contributed by atoms with E-state index in [0.29, 0.717) is 13.2 Å². The van der Waals surface area contributed by atoms with Crippen molar-refractivity contribution < 1.29 is 9.47 Å². The molecular weight excluding hydrogens is 340 g/mol. The standard InChI is InChI=1S/C14H13BrN2O2S/c15-10-1-2-14(17-7-10)20-8-9-5-12-13(6-11(9)16)19-4-3-18-12/h1-2,5-7H,3-4,8,16H2. The van der Waals surface area contributed by atoms with Crippen molar-refractivity contribution in [1.82, 2.24) is 4.98 Å². The second-order valence-electron chi connectivity index (χ2n) is 4.30. The van der Waals surface area contributed by atoms with Gasteiger partial charge in [-0.15, -0.1) is 11.8 Å². The van der Waals surface area contributed by atoms with Gasteiger partial charge in [-0.05, 0) is 39.7 Å². The minimum Gasteiger partial charge on any atom is -0.486 e. The Morgan fingerprint density at radius 3 is 2.65 bits per heavy atom. The molecule has 4 nitrogen and oxygen atoms in total. The first-order valence-electron chi connectivity index (χ1n) is 6.15. The molecule has 1 aromatic heterocycles. The Kier molecular flexibility index (Phi) is 4.03. The molecule has 0 aliphatic carbocycles. The highest BCUT2D eigenvalue weighted by molar-refractivity contribution is 9.10. The van der Waals surface area contributed by atoms with Crippen LogP contribution in [0.25, 0.3) is 0 Å². The van der Waals surface area contributed by atoms with Crippen molar-refractivity contribution in [2.45, 2.75) is 10.8 Å². The van der Waals surface area contributed by atoms with Gasteiger partial charge in [0, 0.05) is 28.2 Å². The van der Waals surface area contributed by atoms with Gasteiger partial charge in [0.25, 0.3) is 0 Å². The molecule has 20 heavy (non-hydrogen) atoms. The number of rotatable bonds is 3. The fourth-order valence-corrected chi connectivity index (χ4v) is 2.95. The van der Waals surface area contributed by atoms with Gasteiger partial charge in [0.2, 0.25) is 0 Å². The summed E-state index contributed by atoms with van der Waals surface area (Å²) in [6.45, 7) is 1.15. The van der Waals surface area contributed by atoms with E-state index in [4.69, 9.17) is 15.2 Å². The van der Waals surface area contributed by atoms with E-state index in [1.54, 1.807) is 18.0 Å². The highest BCUT2D eigenvalue weighted by Gasteiger charge is 2.14. The number of fused-ring (bicyclic) bond motifs is 1. The van der Waals surface area contributed by atoms with Crippen LogP contribution >= 0.6 is 27.7 Å². The van der Waals surface area contributed by atoms with Gasteiger partial charge in [-0.25, -0.2) is 4.98 Å². The summed E-state index contributed by atoms with van der Waals surface area (Å²) < 4.78 is 12.1. The van der Waals surface area contributed by atoms with E-state index in [1.165, 1.54) is 0 Å². The summed E-state index contributed by atoms with van der Waals surface area (Å²) in [5.74, 6) is 2.24. The van der Waals surface area contributed by atoms with Crippen LogP contribution in [0.4, 0.5) is 5.69 Å². The van der Waals surface area contributed by atoms with Gasteiger partial charge in [0.1, 0.15) is 13.2 Å². The van der Waals surface area contributed by atoms with Crippen LogP contribution in [0.3, 0.4) is 0 Å². The first-order valence-corrected chi connectivity index (χ1v) is 7.92. The van der Waals surface area contributed by atoms with Crippen LogP contribution in [-0.4, -0.2) is 18.2 Å². The van der Waals surface area contributed by atoms with Crippen molar-refractivity contribution in [2.75, 3.05) is 18.9 Å². The molecule has 2 aromatic rings. The van der Waals surface area contributed by atoms with Gasteiger partial charge >= 0.3 is 0 Å². The number of nitrogen functional groups attached to an aromatic ring is 1. The Bertz CT molecular complexity index is 619. The Hall–Kier alpha value is -1.40. The summed E-state index contributed by atoms with van der Waals surface area (Å²) in [7, 11) is 0. The van der Waals surface area contributed by atoms with Gasteiger partial charge in [0.15, 0.2) is 11.5 Å². The summed E-state index contributed by atoms with van der Waals surface area (Å²) in [5.41, 5.74) is 7.81. The van der Waals surface area contributed by atoms with Crippen molar-refractivity contribution in [2.24, 2.45) is 0 Å². The molecule has 0 atom stereocenters. The minimum atomic E-state index is 0.573. The fourth-order valence-electron chi connectivity index (χ4n) is 1.87. The highest BCUT2D eigenvalue weighted by Crippen LogP contribution is 2.36. The summed E-state index contributed by atoms with van der Waals surface area (Å²) in [6.07, 6.45) is 1.79. The number of benzene rings is 1. The third kappa shape index (κ3) is 3.02. The molecule has 1 aliphatic heterocycles. The molecule has 104 valence electrons. The number of aromatic nitrogens is 1. The Balaban J connectivity index is 1.75. The van der Waals surface area contributed by atoms with E-state index >= 15 is 0 Å². The zero-order valence-corrected chi connectivity index (χ0v) is 13.0. The topological polar surface area (TPSA) is 57.4 Å². The average Bonchev–Trinajstić information content (AvgIpc) is 2.47. The van der Waals surface area contributed by atoms with Crippen LogP contribution in [0.1, 0.15) is 5.56 Å². The molecule has 2 heterocycles. The van der Waals surface area contributed by atoms with E-state index < -0.39 is 0 Å². The number of nitrogens with two attached hydrogens (primary N) is 1. The third-order valence-electron chi connectivity index (χ3n) is 2.88. The molecule has 2 N–H and O–H groups in total. The molecular formula is C14H13BrN2O2S. The van der Waals surface area contributed by atoms with E-state index in [-0.39, 0.29) is 0 Å². The maximum absolute atomic E-state index is 6.06. The third-order valence-corrected chi connectivity index (χ3v) is 4.34. The van der Waals surface area contributed by atoms with Gasteiger partial charge < -0.3 is 15.2 Å². The smallest absolute Gasteiger partial charge is 0.163 e. The van der Waals surface area contributed by atoms with Crippen molar-refractivity contribution >= 4 is 33.4 Å². The lowest BCUT2D eigenvalue weighted by Gasteiger charge is -2.20. The van der Waals surface area contributed by atoms with Crippen LogP contribution in [0.5, 0.6) is 11.5 Å². The predicted molar refractivity (Wildman–Crippen MR) is 83.3 cm³/mol. The van der Waals surface area contributed by atoms with Crippen LogP contribution < -0.4 is 15.2 Å². The normalized spacial score (nSPS) is 13.2. The quantitative estimate of drug-likeness (QED) is 0.676. The molecule has 1 aliphatic rings. The van der Waals surface area contributed by atoms with Gasteiger partial charge in [-0.3, -0.25) is 0 Å². The van der Waals surface area contributed by atoms with E-state index in [9.17, 15) is 0 Å². The molecule has 0 saturated carbocycles. The SMILES string of the molecule is Nc1cc2c(cc1CSc1ccc(Br)cn1)OCCO2. The molecule has 0 radical (unpaired) electrons. The van der Waals surface area contributed by atoms with Crippen molar-refractivity contribution in [1.29, 1.82) is 0 Å². The summed E-state index contributed by atoms with van der Waals surface area (Å²) in [4.78, 5) is 4.33. The maximum atomic E-state index is 6.06.